The summed E-state index contributed by atoms with van der Waals surface area (Å²) in [6.45, 7) is 15.0. The second-order valence-electron chi connectivity index (χ2n) is 6.62. The molecule has 1 aromatic heterocycles. The van der Waals surface area contributed by atoms with E-state index < -0.39 is 0 Å². The first-order valence-electron chi connectivity index (χ1n) is 10.8. The summed E-state index contributed by atoms with van der Waals surface area (Å²) in [5.74, 6) is 1.87. The van der Waals surface area contributed by atoms with Crippen LogP contribution in [-0.4, -0.2) is 73.1 Å². The largest absolute Gasteiger partial charge is 0.369 e. The van der Waals surface area contributed by atoms with Crippen LogP contribution >= 0.6 is 0 Å². The van der Waals surface area contributed by atoms with Gasteiger partial charge in [0.2, 0.25) is 0 Å². The molecule has 0 saturated carbocycles. The predicted octanol–water partition coefficient (Wildman–Crippen LogP) is 3.45. The van der Waals surface area contributed by atoms with Gasteiger partial charge < -0.3 is 15.5 Å². The Hall–Kier alpha value is -1.76. The Labute approximate surface area is 171 Å². The third kappa shape index (κ3) is 8.09. The molecular weight excluding hydrogens is 348 g/mol. The maximum absolute atomic E-state index is 4.81. The summed E-state index contributed by atoms with van der Waals surface area (Å²) in [5.41, 5.74) is 1.02. The highest BCUT2D eigenvalue weighted by molar-refractivity contribution is 5.88. The molecule has 1 aliphatic rings. The number of hydrogen-bond acceptors (Lipinski definition) is 6. The van der Waals surface area contributed by atoms with Gasteiger partial charge in [0.05, 0.1) is 12.1 Å². The Bertz CT molecular complexity index is 653. The van der Waals surface area contributed by atoms with Crippen molar-refractivity contribution in [2.75, 3.05) is 58.7 Å². The lowest BCUT2D eigenvalue weighted by molar-refractivity contribution is 0.228. The van der Waals surface area contributed by atoms with Crippen LogP contribution in [0.4, 0.5) is 5.82 Å². The molecule has 158 valence electrons. The first-order valence-corrected chi connectivity index (χ1v) is 10.8. The lowest BCUT2D eigenvalue weighted by Gasteiger charge is -2.26. The second kappa shape index (κ2) is 14.3. The van der Waals surface area contributed by atoms with E-state index in [1.54, 1.807) is 0 Å². The SMILES string of the molecule is CC.CC.CN(C)CCCNc1nc(CN2CCNCC2)nc2ccccc12. The van der Waals surface area contributed by atoms with Crippen LogP contribution in [0.3, 0.4) is 0 Å². The minimum absolute atomic E-state index is 0.818. The van der Waals surface area contributed by atoms with E-state index in [0.717, 1.165) is 74.8 Å². The zero-order valence-electron chi connectivity index (χ0n) is 18.8. The molecule has 6 heteroatoms. The van der Waals surface area contributed by atoms with Crippen LogP contribution in [0.25, 0.3) is 10.9 Å². The molecule has 2 N–H and O–H groups in total. The molecule has 1 saturated heterocycles. The van der Waals surface area contributed by atoms with Gasteiger partial charge >= 0.3 is 0 Å². The van der Waals surface area contributed by atoms with E-state index in [4.69, 9.17) is 9.97 Å². The van der Waals surface area contributed by atoms with Crippen LogP contribution in [0.15, 0.2) is 24.3 Å². The molecule has 0 spiro atoms. The minimum Gasteiger partial charge on any atom is -0.369 e. The van der Waals surface area contributed by atoms with Gasteiger partial charge in [0.1, 0.15) is 11.6 Å². The Morgan fingerprint density at radius 3 is 2.39 bits per heavy atom. The Morgan fingerprint density at radius 1 is 1.04 bits per heavy atom. The lowest BCUT2D eigenvalue weighted by Crippen LogP contribution is -2.43. The average Bonchev–Trinajstić information content (AvgIpc) is 2.74. The van der Waals surface area contributed by atoms with Crippen molar-refractivity contribution in [2.24, 2.45) is 0 Å². The van der Waals surface area contributed by atoms with E-state index in [9.17, 15) is 0 Å². The minimum atomic E-state index is 0.818. The molecule has 0 atom stereocenters. The highest BCUT2D eigenvalue weighted by Gasteiger charge is 2.13. The third-order valence-electron chi connectivity index (χ3n) is 4.30. The van der Waals surface area contributed by atoms with Crippen molar-refractivity contribution < 1.29 is 0 Å². The molecule has 6 nitrogen and oxygen atoms in total. The molecule has 28 heavy (non-hydrogen) atoms. The molecule has 0 aliphatic carbocycles. The van der Waals surface area contributed by atoms with E-state index in [1.807, 2.05) is 39.8 Å². The van der Waals surface area contributed by atoms with E-state index in [-0.39, 0.29) is 0 Å². The first kappa shape index (κ1) is 24.3. The third-order valence-corrected chi connectivity index (χ3v) is 4.30. The summed E-state index contributed by atoms with van der Waals surface area (Å²) >= 11 is 0. The number of fused-ring (bicyclic) bond motifs is 1. The van der Waals surface area contributed by atoms with E-state index in [1.165, 1.54) is 0 Å². The average molecular weight is 389 g/mol. The van der Waals surface area contributed by atoms with E-state index in [0.29, 0.717) is 0 Å². The predicted molar refractivity (Wildman–Crippen MR) is 122 cm³/mol. The van der Waals surface area contributed by atoms with Crippen molar-refractivity contribution in [3.8, 4) is 0 Å². The van der Waals surface area contributed by atoms with Gasteiger partial charge in [0.25, 0.3) is 0 Å². The van der Waals surface area contributed by atoms with Gasteiger partial charge in [-0.05, 0) is 39.2 Å². The van der Waals surface area contributed by atoms with Crippen molar-refractivity contribution >= 4 is 16.7 Å². The summed E-state index contributed by atoms with van der Waals surface area (Å²) in [4.78, 5) is 14.2. The quantitative estimate of drug-likeness (QED) is 0.709. The monoisotopic (exact) mass is 388 g/mol. The zero-order chi connectivity index (χ0) is 20.8. The molecule has 0 radical (unpaired) electrons. The van der Waals surface area contributed by atoms with Gasteiger partial charge in [-0.25, -0.2) is 9.97 Å². The van der Waals surface area contributed by atoms with Crippen molar-refractivity contribution in [2.45, 2.75) is 40.7 Å². The van der Waals surface area contributed by atoms with Crippen LogP contribution in [0.5, 0.6) is 0 Å². The van der Waals surface area contributed by atoms with Crippen LogP contribution in [0.1, 0.15) is 39.9 Å². The highest BCUT2D eigenvalue weighted by Crippen LogP contribution is 2.20. The van der Waals surface area contributed by atoms with Crippen LogP contribution in [-0.2, 0) is 6.54 Å². The lowest BCUT2D eigenvalue weighted by atomic mass is 10.2. The molecule has 1 fully saturated rings. The van der Waals surface area contributed by atoms with Gasteiger partial charge in [0, 0.05) is 38.1 Å². The van der Waals surface area contributed by atoms with Crippen LogP contribution in [0.2, 0.25) is 0 Å². The molecule has 0 unspecified atom stereocenters. The number of nitrogens with zero attached hydrogens (tertiary/aromatic N) is 4. The number of anilines is 1. The molecule has 2 heterocycles. The van der Waals surface area contributed by atoms with Crippen LogP contribution < -0.4 is 10.6 Å². The standard InChI is InChI=1S/C18H28N6.2C2H6/c1-23(2)11-5-8-20-18-15-6-3-4-7-16(15)21-17(22-18)14-24-12-9-19-10-13-24;2*1-2/h3-4,6-7,19H,5,8-14H2,1-2H3,(H,20,21,22);2*1-2H3. The molecular formula is C22H40N6. The first-order chi connectivity index (χ1) is 13.7. The van der Waals surface area contributed by atoms with E-state index >= 15 is 0 Å². The smallest absolute Gasteiger partial charge is 0.145 e. The number of piperazine rings is 1. The maximum atomic E-state index is 4.81. The number of para-hydroxylation sites is 1. The van der Waals surface area contributed by atoms with Crippen molar-refractivity contribution in [1.82, 2.24) is 25.1 Å². The normalized spacial score (nSPS) is 14.1. The molecule has 2 aromatic rings. The maximum Gasteiger partial charge on any atom is 0.145 e. The summed E-state index contributed by atoms with van der Waals surface area (Å²) in [7, 11) is 4.21. The topological polar surface area (TPSA) is 56.3 Å². The Balaban J connectivity index is 0.000000921. The number of rotatable bonds is 7. The summed E-state index contributed by atoms with van der Waals surface area (Å²) < 4.78 is 0. The van der Waals surface area contributed by atoms with Gasteiger partial charge in [0.15, 0.2) is 0 Å². The number of hydrogen-bond donors (Lipinski definition) is 2. The summed E-state index contributed by atoms with van der Waals surface area (Å²) in [6.07, 6.45) is 1.10. The molecule has 3 rings (SSSR count). The van der Waals surface area contributed by atoms with Crippen molar-refractivity contribution in [1.29, 1.82) is 0 Å². The van der Waals surface area contributed by atoms with Crippen molar-refractivity contribution in [3.63, 3.8) is 0 Å². The Kier molecular flexibility index (Phi) is 12.4. The second-order valence-corrected chi connectivity index (χ2v) is 6.62. The highest BCUT2D eigenvalue weighted by atomic mass is 15.2. The summed E-state index contributed by atoms with van der Waals surface area (Å²) in [5, 5.41) is 8.00. The van der Waals surface area contributed by atoms with Crippen molar-refractivity contribution in [3.05, 3.63) is 30.1 Å². The molecule has 0 amide bonds. The number of benzene rings is 1. The van der Waals surface area contributed by atoms with Gasteiger partial charge in [-0.15, -0.1) is 0 Å². The van der Waals surface area contributed by atoms with Gasteiger partial charge in [-0.2, -0.15) is 0 Å². The van der Waals surface area contributed by atoms with Gasteiger partial charge in [-0.3, -0.25) is 4.90 Å². The number of aromatic nitrogens is 2. The molecule has 1 aliphatic heterocycles. The summed E-state index contributed by atoms with van der Waals surface area (Å²) in [6, 6.07) is 8.26. The fourth-order valence-corrected chi connectivity index (χ4v) is 3.00. The fraction of sp³-hybridized carbons (Fsp3) is 0.636. The molecule has 1 aromatic carbocycles. The molecule has 0 bridgehead atoms. The van der Waals surface area contributed by atoms with E-state index in [2.05, 4.69) is 46.7 Å². The number of nitrogens with one attached hydrogen (secondary N) is 2. The van der Waals surface area contributed by atoms with Gasteiger partial charge in [-0.1, -0.05) is 39.8 Å². The Morgan fingerprint density at radius 2 is 1.71 bits per heavy atom. The van der Waals surface area contributed by atoms with Crippen LogP contribution in [0, 0.1) is 0 Å². The zero-order valence-corrected chi connectivity index (χ0v) is 18.8. The fourth-order valence-electron chi connectivity index (χ4n) is 3.00.